The smallest absolute Gasteiger partial charge is 0.277 e. The van der Waals surface area contributed by atoms with Crippen LogP contribution in [0.2, 0.25) is 0 Å². The second-order valence-corrected chi connectivity index (χ2v) is 7.99. The van der Waals surface area contributed by atoms with Crippen LogP contribution in [0.5, 0.6) is 5.75 Å². The minimum Gasteiger partial charge on any atom is -0.484 e. The number of halogens is 1. The van der Waals surface area contributed by atoms with E-state index in [4.69, 9.17) is 4.74 Å². The second kappa shape index (κ2) is 9.14. The van der Waals surface area contributed by atoms with Crippen LogP contribution in [0, 0.1) is 13.8 Å². The van der Waals surface area contributed by atoms with Gasteiger partial charge in [0.1, 0.15) is 5.75 Å². The summed E-state index contributed by atoms with van der Waals surface area (Å²) in [5.41, 5.74) is 7.57. The normalized spacial score (nSPS) is 11.2. The molecule has 4 rings (SSSR count). The van der Waals surface area contributed by atoms with Gasteiger partial charge < -0.3 is 9.30 Å². The molecule has 7 heteroatoms. The van der Waals surface area contributed by atoms with Crippen molar-refractivity contribution in [2.75, 3.05) is 6.61 Å². The molecule has 0 atom stereocenters. The number of amides is 1. The maximum absolute atomic E-state index is 12.0. The maximum atomic E-state index is 12.0. The summed E-state index contributed by atoms with van der Waals surface area (Å²) in [6.07, 6.45) is 3.44. The molecule has 0 saturated heterocycles. The average Bonchev–Trinajstić information content (AvgIpc) is 3.06. The van der Waals surface area contributed by atoms with Crippen LogP contribution in [0.3, 0.4) is 0 Å². The van der Waals surface area contributed by atoms with Gasteiger partial charge in [-0.2, -0.15) is 5.10 Å². The van der Waals surface area contributed by atoms with Crippen LogP contribution >= 0.6 is 15.9 Å². The van der Waals surface area contributed by atoms with Crippen LogP contribution in [0.4, 0.5) is 0 Å². The van der Waals surface area contributed by atoms with Crippen molar-refractivity contribution >= 4 is 39.0 Å². The molecule has 0 unspecified atom stereocenters. The topological polar surface area (TPSA) is 68.5 Å². The average molecular weight is 477 g/mol. The summed E-state index contributed by atoms with van der Waals surface area (Å²) in [5.74, 6) is 0.298. The fourth-order valence-electron chi connectivity index (χ4n) is 3.40. The van der Waals surface area contributed by atoms with E-state index in [-0.39, 0.29) is 12.5 Å². The van der Waals surface area contributed by atoms with E-state index in [1.165, 1.54) is 0 Å². The van der Waals surface area contributed by atoms with Gasteiger partial charge in [0, 0.05) is 38.7 Å². The van der Waals surface area contributed by atoms with Gasteiger partial charge in [-0.25, -0.2) is 5.43 Å². The largest absolute Gasteiger partial charge is 0.484 e. The van der Waals surface area contributed by atoms with Crippen molar-refractivity contribution in [3.05, 3.63) is 88.3 Å². The van der Waals surface area contributed by atoms with Gasteiger partial charge in [-0.15, -0.1) is 0 Å². The molecule has 31 heavy (non-hydrogen) atoms. The molecule has 1 N–H and O–H groups in total. The minimum absolute atomic E-state index is 0.108. The number of benzene rings is 2. The van der Waals surface area contributed by atoms with E-state index in [0.717, 1.165) is 38.0 Å². The fourth-order valence-corrected chi connectivity index (χ4v) is 3.67. The maximum Gasteiger partial charge on any atom is 0.277 e. The van der Waals surface area contributed by atoms with E-state index < -0.39 is 0 Å². The molecule has 0 aliphatic carbocycles. The zero-order valence-corrected chi connectivity index (χ0v) is 18.8. The molecule has 2 heterocycles. The number of aryl methyl sites for hydroxylation is 1. The van der Waals surface area contributed by atoms with Crippen LogP contribution < -0.4 is 10.2 Å². The van der Waals surface area contributed by atoms with Gasteiger partial charge in [0.2, 0.25) is 0 Å². The van der Waals surface area contributed by atoms with E-state index in [9.17, 15) is 4.79 Å². The van der Waals surface area contributed by atoms with E-state index in [0.29, 0.717) is 5.75 Å². The van der Waals surface area contributed by atoms with Crippen LogP contribution in [-0.4, -0.2) is 28.3 Å². The minimum atomic E-state index is -0.324. The molecule has 0 fully saturated rings. The highest BCUT2D eigenvalue weighted by atomic mass is 79.9. The lowest BCUT2D eigenvalue weighted by molar-refractivity contribution is -0.123. The zero-order valence-electron chi connectivity index (χ0n) is 17.2. The lowest BCUT2D eigenvalue weighted by atomic mass is 10.2. The number of carbonyl (C=O) groups excluding carboxylic acids is 1. The molecule has 4 aromatic rings. The van der Waals surface area contributed by atoms with Crippen molar-refractivity contribution in [3.8, 4) is 11.4 Å². The zero-order chi connectivity index (χ0) is 21.8. The van der Waals surface area contributed by atoms with Crippen LogP contribution in [-0.2, 0) is 4.79 Å². The number of ether oxygens (including phenoxy) is 1. The monoisotopic (exact) mass is 476 g/mol. The summed E-state index contributed by atoms with van der Waals surface area (Å²) >= 11 is 3.36. The highest BCUT2D eigenvalue weighted by molar-refractivity contribution is 9.10. The number of hydrogen-bond acceptors (Lipinski definition) is 4. The van der Waals surface area contributed by atoms with E-state index in [1.54, 1.807) is 24.5 Å². The predicted octanol–water partition coefficient (Wildman–Crippen LogP) is 4.93. The Morgan fingerprint density at radius 2 is 1.97 bits per heavy atom. The lowest BCUT2D eigenvalue weighted by Crippen LogP contribution is -2.24. The Bertz CT molecular complexity index is 1260. The number of fused-ring (bicyclic) bond motifs is 1. The van der Waals surface area contributed by atoms with E-state index in [2.05, 4.69) is 48.1 Å². The van der Waals surface area contributed by atoms with Crippen molar-refractivity contribution < 1.29 is 9.53 Å². The first kappa shape index (κ1) is 20.8. The van der Waals surface area contributed by atoms with Crippen LogP contribution in [0.1, 0.15) is 17.0 Å². The van der Waals surface area contributed by atoms with Crippen molar-refractivity contribution in [2.45, 2.75) is 13.8 Å². The first-order chi connectivity index (χ1) is 15.0. The van der Waals surface area contributed by atoms with Crippen LogP contribution in [0.15, 0.2) is 76.4 Å². The van der Waals surface area contributed by atoms with Crippen molar-refractivity contribution in [1.82, 2.24) is 15.0 Å². The number of nitrogens with zero attached hydrogens (tertiary/aromatic N) is 3. The number of aromatic nitrogens is 2. The molecular formula is C24H21BrN4O2. The summed E-state index contributed by atoms with van der Waals surface area (Å²) in [4.78, 5) is 16.4. The number of rotatable bonds is 6. The van der Waals surface area contributed by atoms with E-state index in [1.807, 2.05) is 50.2 Å². The molecular weight excluding hydrogens is 456 g/mol. The van der Waals surface area contributed by atoms with Gasteiger partial charge in [0.15, 0.2) is 6.61 Å². The Morgan fingerprint density at radius 1 is 1.16 bits per heavy atom. The van der Waals surface area contributed by atoms with Gasteiger partial charge in [-0.1, -0.05) is 22.0 Å². The molecule has 1 amide bonds. The third-order valence-corrected chi connectivity index (χ3v) is 5.42. The summed E-state index contributed by atoms with van der Waals surface area (Å²) in [7, 11) is 0. The first-order valence-corrected chi connectivity index (χ1v) is 10.5. The number of hydrogen-bond donors (Lipinski definition) is 1. The number of nitrogens with one attached hydrogen (secondary N) is 1. The number of pyridine rings is 1. The molecule has 0 radical (unpaired) electrons. The van der Waals surface area contributed by atoms with E-state index >= 15 is 0 Å². The third kappa shape index (κ3) is 4.83. The van der Waals surface area contributed by atoms with Crippen molar-refractivity contribution in [1.29, 1.82) is 0 Å². The Morgan fingerprint density at radius 3 is 2.77 bits per heavy atom. The molecule has 0 saturated carbocycles. The fraction of sp³-hybridized carbons (Fsp3) is 0.125. The van der Waals surface area contributed by atoms with Gasteiger partial charge in [0.05, 0.1) is 11.7 Å². The van der Waals surface area contributed by atoms with Gasteiger partial charge in [0.25, 0.3) is 5.91 Å². The summed E-state index contributed by atoms with van der Waals surface area (Å²) in [6.45, 7) is 3.96. The van der Waals surface area contributed by atoms with Crippen molar-refractivity contribution in [3.63, 3.8) is 0 Å². The van der Waals surface area contributed by atoms with Gasteiger partial charge >= 0.3 is 0 Å². The SMILES string of the molecule is Cc1cc(/C=N\NC(=O)COc2ccc(Br)cc2)c(C)n1-c1ccc2ncccc2c1. The van der Waals surface area contributed by atoms with Crippen LogP contribution in [0.25, 0.3) is 16.6 Å². The summed E-state index contributed by atoms with van der Waals surface area (Å²) in [5, 5.41) is 5.18. The first-order valence-electron chi connectivity index (χ1n) is 9.75. The third-order valence-electron chi connectivity index (χ3n) is 4.89. The number of hydrazone groups is 1. The quantitative estimate of drug-likeness (QED) is 0.316. The second-order valence-electron chi connectivity index (χ2n) is 7.08. The standard InChI is InChI=1S/C24H21BrN4O2/c1-16-12-19(14-27-28-24(30)15-31-22-8-5-20(25)6-9-22)17(2)29(16)21-7-10-23-18(13-21)4-3-11-26-23/h3-14H,15H2,1-2H3,(H,28,30)/b27-14-. The molecule has 0 aliphatic rings. The molecule has 0 aliphatic heterocycles. The highest BCUT2D eigenvalue weighted by Gasteiger charge is 2.10. The molecule has 0 spiro atoms. The highest BCUT2D eigenvalue weighted by Crippen LogP contribution is 2.23. The lowest BCUT2D eigenvalue weighted by Gasteiger charge is -2.10. The molecule has 0 bridgehead atoms. The van der Waals surface area contributed by atoms with Gasteiger partial charge in [-0.3, -0.25) is 9.78 Å². The molecule has 156 valence electrons. The molecule has 2 aromatic heterocycles. The Hall–Kier alpha value is -3.45. The number of carbonyl (C=O) groups is 1. The van der Waals surface area contributed by atoms with Crippen molar-refractivity contribution in [2.24, 2.45) is 5.10 Å². The van der Waals surface area contributed by atoms with Gasteiger partial charge in [-0.05, 0) is 68.4 Å². The Balaban J connectivity index is 1.43. The summed E-state index contributed by atoms with van der Waals surface area (Å²) < 4.78 is 8.56. The Kier molecular flexibility index (Phi) is 6.13. The summed E-state index contributed by atoms with van der Waals surface area (Å²) in [6, 6.07) is 19.5. The Labute approximate surface area is 188 Å². The molecule has 2 aromatic carbocycles. The molecule has 6 nitrogen and oxygen atoms in total. The predicted molar refractivity (Wildman–Crippen MR) is 126 cm³/mol.